The van der Waals surface area contributed by atoms with Crippen LogP contribution in [0.5, 0.6) is 5.88 Å². The molecule has 0 aliphatic carbocycles. The summed E-state index contributed by atoms with van der Waals surface area (Å²) in [4.78, 5) is 15.6. The molecule has 0 bridgehead atoms. The van der Waals surface area contributed by atoms with E-state index in [1.165, 1.54) is 29.7 Å². The van der Waals surface area contributed by atoms with Gasteiger partial charge in [0.25, 0.3) is 0 Å². The first-order chi connectivity index (χ1) is 11.6. The molecule has 5 nitrogen and oxygen atoms in total. The quantitative estimate of drug-likeness (QED) is 0.536. The number of aromatic carboxylic acids is 1. The number of thiazole rings is 1. The number of aromatic hydroxyl groups is 1. The fraction of sp³-hybridized carbons (Fsp3) is 0. The second-order valence-electron chi connectivity index (χ2n) is 4.84. The van der Waals surface area contributed by atoms with E-state index in [9.17, 15) is 9.90 Å². The second-order valence-corrected chi connectivity index (χ2v) is 6.51. The SMILES string of the molecule is O=C(O)c1ccc(N=Cc2sc(=S)n(-c3ccccc3)c2O)cc1. The Morgan fingerprint density at radius 3 is 2.42 bits per heavy atom. The number of para-hydroxylation sites is 1. The standard InChI is InChI=1S/C17H12N2O3S2/c20-15-14(10-18-12-8-6-11(7-9-12)16(21)22)24-17(23)19(15)13-4-2-1-3-5-13/h1-10,20H,(H,21,22). The predicted octanol–water partition coefficient (Wildman–Crippen LogP) is 4.42. The largest absolute Gasteiger partial charge is 0.493 e. The van der Waals surface area contributed by atoms with Gasteiger partial charge in [-0.1, -0.05) is 29.5 Å². The Morgan fingerprint density at radius 2 is 1.79 bits per heavy atom. The minimum absolute atomic E-state index is 0.0297. The molecule has 3 rings (SSSR count). The van der Waals surface area contributed by atoms with Crippen molar-refractivity contribution in [3.05, 3.63) is 69.0 Å². The monoisotopic (exact) mass is 356 g/mol. The minimum atomic E-state index is -0.985. The number of carboxylic acid groups (broad SMARTS) is 1. The van der Waals surface area contributed by atoms with E-state index in [-0.39, 0.29) is 11.4 Å². The van der Waals surface area contributed by atoms with Gasteiger partial charge in [-0.05, 0) is 48.6 Å². The van der Waals surface area contributed by atoms with Gasteiger partial charge in [0.15, 0.2) is 3.95 Å². The Balaban J connectivity index is 1.91. The van der Waals surface area contributed by atoms with E-state index in [1.54, 1.807) is 16.7 Å². The Labute approximate surface area is 146 Å². The van der Waals surface area contributed by atoms with Crippen LogP contribution in [0.4, 0.5) is 5.69 Å². The average Bonchev–Trinajstić information content (AvgIpc) is 2.88. The lowest BCUT2D eigenvalue weighted by Gasteiger charge is -2.03. The van der Waals surface area contributed by atoms with Gasteiger partial charge in [0, 0.05) is 0 Å². The van der Waals surface area contributed by atoms with Crippen molar-refractivity contribution >= 4 is 41.4 Å². The van der Waals surface area contributed by atoms with Crippen molar-refractivity contribution in [2.24, 2.45) is 4.99 Å². The molecule has 0 saturated carbocycles. The van der Waals surface area contributed by atoms with Crippen molar-refractivity contribution in [1.29, 1.82) is 0 Å². The topological polar surface area (TPSA) is 74.8 Å². The van der Waals surface area contributed by atoms with Gasteiger partial charge in [0.05, 0.1) is 23.2 Å². The van der Waals surface area contributed by atoms with Gasteiger partial charge >= 0.3 is 5.97 Å². The predicted molar refractivity (Wildman–Crippen MR) is 96.8 cm³/mol. The van der Waals surface area contributed by atoms with Crippen LogP contribution < -0.4 is 0 Å². The molecule has 0 aliphatic heterocycles. The first-order valence-corrected chi connectivity index (χ1v) is 8.16. The van der Waals surface area contributed by atoms with E-state index >= 15 is 0 Å². The summed E-state index contributed by atoms with van der Waals surface area (Å²) >= 11 is 6.56. The second kappa shape index (κ2) is 6.77. The smallest absolute Gasteiger partial charge is 0.335 e. The number of aliphatic imine (C=N–C) groups is 1. The Bertz CT molecular complexity index is 958. The van der Waals surface area contributed by atoms with Crippen molar-refractivity contribution in [2.45, 2.75) is 0 Å². The maximum absolute atomic E-state index is 10.8. The van der Waals surface area contributed by atoms with Crippen molar-refractivity contribution in [3.8, 4) is 11.6 Å². The first-order valence-electron chi connectivity index (χ1n) is 6.94. The zero-order valence-corrected chi connectivity index (χ0v) is 13.9. The summed E-state index contributed by atoms with van der Waals surface area (Å²) < 4.78 is 2.09. The molecule has 1 aromatic heterocycles. The van der Waals surface area contributed by atoms with Crippen LogP contribution in [0.3, 0.4) is 0 Å². The fourth-order valence-electron chi connectivity index (χ4n) is 2.09. The van der Waals surface area contributed by atoms with Crippen LogP contribution in [0.25, 0.3) is 5.69 Å². The van der Waals surface area contributed by atoms with E-state index in [1.807, 2.05) is 30.3 Å². The molecule has 0 spiro atoms. The molecule has 2 aromatic carbocycles. The summed E-state index contributed by atoms with van der Waals surface area (Å²) in [5, 5.41) is 19.3. The van der Waals surface area contributed by atoms with Crippen molar-refractivity contribution < 1.29 is 15.0 Å². The number of benzene rings is 2. The van der Waals surface area contributed by atoms with Gasteiger partial charge in [0.1, 0.15) is 4.88 Å². The van der Waals surface area contributed by atoms with Crippen molar-refractivity contribution in [2.75, 3.05) is 0 Å². The molecular weight excluding hydrogens is 344 g/mol. The number of hydrogen-bond acceptors (Lipinski definition) is 5. The third kappa shape index (κ3) is 3.27. The highest BCUT2D eigenvalue weighted by molar-refractivity contribution is 7.73. The number of nitrogens with zero attached hydrogens (tertiary/aromatic N) is 2. The summed E-state index contributed by atoms with van der Waals surface area (Å²) in [5.41, 5.74) is 1.56. The third-order valence-electron chi connectivity index (χ3n) is 3.27. The maximum Gasteiger partial charge on any atom is 0.335 e. The average molecular weight is 356 g/mol. The van der Waals surface area contributed by atoms with Crippen LogP contribution in [-0.4, -0.2) is 27.0 Å². The minimum Gasteiger partial charge on any atom is -0.493 e. The van der Waals surface area contributed by atoms with Gasteiger partial charge in [-0.3, -0.25) is 9.56 Å². The van der Waals surface area contributed by atoms with Crippen LogP contribution in [0, 0.1) is 3.95 Å². The molecule has 0 fully saturated rings. The van der Waals surface area contributed by atoms with E-state index in [0.29, 0.717) is 14.5 Å². The molecule has 0 radical (unpaired) electrons. The van der Waals surface area contributed by atoms with Gasteiger partial charge in [-0.15, -0.1) is 0 Å². The lowest BCUT2D eigenvalue weighted by molar-refractivity contribution is 0.0697. The number of aromatic nitrogens is 1. The summed E-state index contributed by atoms with van der Waals surface area (Å²) in [6.45, 7) is 0. The molecule has 0 atom stereocenters. The van der Waals surface area contributed by atoms with Gasteiger partial charge in [-0.2, -0.15) is 0 Å². The van der Waals surface area contributed by atoms with Gasteiger partial charge < -0.3 is 10.2 Å². The summed E-state index contributed by atoms with van der Waals surface area (Å²) in [5.74, 6) is -0.955. The van der Waals surface area contributed by atoms with E-state index in [2.05, 4.69) is 4.99 Å². The Morgan fingerprint density at radius 1 is 1.12 bits per heavy atom. The maximum atomic E-state index is 10.8. The summed E-state index contributed by atoms with van der Waals surface area (Å²) in [6, 6.07) is 15.5. The van der Waals surface area contributed by atoms with E-state index in [4.69, 9.17) is 17.3 Å². The Hall–Kier alpha value is -2.77. The van der Waals surface area contributed by atoms with Crippen molar-refractivity contribution in [3.63, 3.8) is 0 Å². The molecule has 24 heavy (non-hydrogen) atoms. The molecule has 1 heterocycles. The zero-order valence-electron chi connectivity index (χ0n) is 12.3. The van der Waals surface area contributed by atoms with Gasteiger partial charge in [0.2, 0.25) is 5.88 Å². The van der Waals surface area contributed by atoms with Crippen LogP contribution >= 0.6 is 23.6 Å². The molecule has 3 aromatic rings. The van der Waals surface area contributed by atoms with Crippen LogP contribution in [0.2, 0.25) is 0 Å². The molecule has 0 saturated heterocycles. The number of rotatable bonds is 4. The van der Waals surface area contributed by atoms with Crippen molar-refractivity contribution in [1.82, 2.24) is 4.57 Å². The molecular formula is C17H12N2O3S2. The normalized spacial score (nSPS) is 11.0. The highest BCUT2D eigenvalue weighted by Gasteiger charge is 2.11. The lowest BCUT2D eigenvalue weighted by Crippen LogP contribution is -1.94. The Kier molecular flexibility index (Phi) is 4.54. The number of carboxylic acids is 1. The molecule has 120 valence electrons. The molecule has 0 unspecified atom stereocenters. The first kappa shape index (κ1) is 16.1. The third-order valence-corrected chi connectivity index (χ3v) is 4.57. The molecule has 0 amide bonds. The molecule has 7 heteroatoms. The van der Waals surface area contributed by atoms with Crippen LogP contribution in [0.15, 0.2) is 59.6 Å². The lowest BCUT2D eigenvalue weighted by atomic mass is 10.2. The summed E-state index contributed by atoms with van der Waals surface area (Å²) in [6.07, 6.45) is 1.52. The molecule has 2 N–H and O–H groups in total. The van der Waals surface area contributed by atoms with Crippen LogP contribution in [0.1, 0.15) is 15.2 Å². The van der Waals surface area contributed by atoms with E-state index < -0.39 is 5.97 Å². The number of carbonyl (C=O) groups is 1. The fourth-order valence-corrected chi connectivity index (χ4v) is 3.31. The highest BCUT2D eigenvalue weighted by Crippen LogP contribution is 2.28. The number of hydrogen-bond donors (Lipinski definition) is 2. The molecule has 0 aliphatic rings. The highest BCUT2D eigenvalue weighted by atomic mass is 32.1. The zero-order chi connectivity index (χ0) is 17.1. The van der Waals surface area contributed by atoms with Crippen LogP contribution in [-0.2, 0) is 0 Å². The summed E-state index contributed by atoms with van der Waals surface area (Å²) in [7, 11) is 0. The van der Waals surface area contributed by atoms with E-state index in [0.717, 1.165) is 5.69 Å². The van der Waals surface area contributed by atoms with Gasteiger partial charge in [-0.25, -0.2) is 4.79 Å².